The number of aryl methyl sites for hydroxylation is 1. The van der Waals surface area contributed by atoms with Gasteiger partial charge in [0.05, 0.1) is 16.8 Å². The lowest BCUT2D eigenvalue weighted by Crippen LogP contribution is -2.22. The smallest absolute Gasteiger partial charge is 0.262 e. The van der Waals surface area contributed by atoms with Crippen LogP contribution in [0.25, 0.3) is 16.6 Å². The molecule has 4 heteroatoms. The number of pyridine rings is 1. The molecule has 2 heterocycles. The quantitative estimate of drug-likeness (QED) is 0.688. The molecular weight excluding hydrogens is 306 g/mol. The van der Waals surface area contributed by atoms with E-state index in [2.05, 4.69) is 12.6 Å². The van der Waals surface area contributed by atoms with Gasteiger partial charge in [-0.25, -0.2) is 0 Å². The number of benzene rings is 2. The Morgan fingerprint density at radius 2 is 1.96 bits per heavy atom. The second-order valence-electron chi connectivity index (χ2n) is 6.04. The predicted molar refractivity (Wildman–Crippen MR) is 95.3 cm³/mol. The van der Waals surface area contributed by atoms with E-state index in [0.29, 0.717) is 6.42 Å². The molecule has 0 saturated carbocycles. The molecule has 23 heavy (non-hydrogen) atoms. The van der Waals surface area contributed by atoms with E-state index in [-0.39, 0.29) is 11.7 Å². The molecule has 1 aromatic heterocycles. The first-order valence-corrected chi connectivity index (χ1v) is 8.15. The maximum absolute atomic E-state index is 13.1. The number of rotatable bonds is 1. The molecule has 116 valence electrons. The lowest BCUT2D eigenvalue weighted by atomic mass is 10.1. The zero-order chi connectivity index (χ0) is 16.1. The number of hydrogen-bond acceptors (Lipinski definition) is 3. The second kappa shape index (κ2) is 5.17. The Balaban J connectivity index is 2.17. The van der Waals surface area contributed by atoms with Crippen LogP contribution >= 0.6 is 12.6 Å². The topological polar surface area (TPSA) is 31.2 Å². The van der Waals surface area contributed by atoms with Crippen LogP contribution in [-0.4, -0.2) is 10.7 Å². The fourth-order valence-electron chi connectivity index (χ4n) is 3.27. The highest BCUT2D eigenvalue weighted by Crippen LogP contribution is 2.35. The third kappa shape index (κ3) is 2.09. The van der Waals surface area contributed by atoms with Crippen molar-refractivity contribution in [1.29, 1.82) is 0 Å². The summed E-state index contributed by atoms with van der Waals surface area (Å²) in [4.78, 5) is 14.0. The van der Waals surface area contributed by atoms with Gasteiger partial charge in [0.25, 0.3) is 5.56 Å². The largest absolute Gasteiger partial charge is 0.489 e. The van der Waals surface area contributed by atoms with Crippen LogP contribution < -0.4 is 10.3 Å². The number of hydrogen-bond donors (Lipinski definition) is 1. The van der Waals surface area contributed by atoms with Gasteiger partial charge >= 0.3 is 0 Å². The van der Waals surface area contributed by atoms with Crippen LogP contribution in [0.4, 0.5) is 0 Å². The average molecular weight is 323 g/mol. The van der Waals surface area contributed by atoms with E-state index in [1.165, 1.54) is 0 Å². The van der Waals surface area contributed by atoms with Gasteiger partial charge < -0.3 is 4.74 Å². The Kier molecular flexibility index (Phi) is 3.23. The maximum atomic E-state index is 13.1. The minimum absolute atomic E-state index is 0.0102. The summed E-state index contributed by atoms with van der Waals surface area (Å²) in [6.07, 6.45) is 0.678. The van der Waals surface area contributed by atoms with Crippen molar-refractivity contribution < 1.29 is 4.74 Å². The van der Waals surface area contributed by atoms with Crippen LogP contribution in [0.3, 0.4) is 0 Å². The third-order valence-corrected chi connectivity index (χ3v) is 4.97. The van der Waals surface area contributed by atoms with Gasteiger partial charge in [-0.1, -0.05) is 24.3 Å². The van der Waals surface area contributed by atoms with Gasteiger partial charge in [-0.15, -0.1) is 12.6 Å². The monoisotopic (exact) mass is 323 g/mol. The first kappa shape index (κ1) is 14.4. The summed E-state index contributed by atoms with van der Waals surface area (Å²) in [7, 11) is 0. The molecular formula is C19H17NO2S. The molecule has 1 aliphatic heterocycles. The van der Waals surface area contributed by atoms with Crippen molar-refractivity contribution in [2.24, 2.45) is 0 Å². The molecule has 0 saturated heterocycles. The number of para-hydroxylation sites is 1. The highest BCUT2D eigenvalue weighted by Gasteiger charge is 2.27. The predicted octanol–water partition coefficient (Wildman–Crippen LogP) is 3.91. The van der Waals surface area contributed by atoms with Crippen molar-refractivity contribution >= 4 is 23.5 Å². The molecule has 1 aliphatic rings. The van der Waals surface area contributed by atoms with Crippen LogP contribution in [0.2, 0.25) is 0 Å². The van der Waals surface area contributed by atoms with Crippen LogP contribution in [0.15, 0.2) is 52.2 Å². The van der Waals surface area contributed by atoms with E-state index in [4.69, 9.17) is 4.74 Å². The van der Waals surface area contributed by atoms with Crippen molar-refractivity contribution in [2.75, 3.05) is 0 Å². The maximum Gasteiger partial charge on any atom is 0.262 e. The lowest BCUT2D eigenvalue weighted by molar-refractivity contribution is 0.257. The van der Waals surface area contributed by atoms with Crippen molar-refractivity contribution in [3.63, 3.8) is 0 Å². The van der Waals surface area contributed by atoms with Crippen LogP contribution in [0, 0.1) is 6.92 Å². The van der Waals surface area contributed by atoms with E-state index >= 15 is 0 Å². The van der Waals surface area contributed by atoms with E-state index in [0.717, 1.165) is 38.4 Å². The summed E-state index contributed by atoms with van der Waals surface area (Å²) < 4.78 is 7.68. The number of aromatic nitrogens is 1. The SMILES string of the molecule is Cc1cccc(-n2c(=O)c3c(c4ccccc42)OC(C)C3)c1S. The number of ether oxygens (including phenoxy) is 1. The van der Waals surface area contributed by atoms with Gasteiger partial charge in [-0.05, 0) is 37.6 Å². The van der Waals surface area contributed by atoms with Crippen LogP contribution in [0.1, 0.15) is 18.1 Å². The molecule has 0 fully saturated rings. The Labute approximate surface area is 139 Å². The molecule has 2 aromatic carbocycles. The summed E-state index contributed by atoms with van der Waals surface area (Å²) >= 11 is 4.63. The van der Waals surface area contributed by atoms with Gasteiger partial charge in [0, 0.05) is 16.7 Å². The zero-order valence-corrected chi connectivity index (χ0v) is 13.9. The zero-order valence-electron chi connectivity index (χ0n) is 13.0. The fourth-order valence-corrected chi connectivity index (χ4v) is 3.52. The average Bonchev–Trinajstić information content (AvgIpc) is 2.94. The number of nitrogens with zero attached hydrogens (tertiary/aromatic N) is 1. The summed E-state index contributed by atoms with van der Waals surface area (Å²) in [5, 5.41) is 0.973. The van der Waals surface area contributed by atoms with E-state index in [1.807, 2.05) is 56.3 Å². The van der Waals surface area contributed by atoms with Crippen molar-refractivity contribution in [3.8, 4) is 11.4 Å². The summed E-state index contributed by atoms with van der Waals surface area (Å²) in [5.41, 5.74) is 3.46. The Morgan fingerprint density at radius 3 is 2.78 bits per heavy atom. The van der Waals surface area contributed by atoms with Gasteiger partial charge in [0.15, 0.2) is 0 Å². The van der Waals surface area contributed by atoms with Crippen LogP contribution in [0.5, 0.6) is 5.75 Å². The van der Waals surface area contributed by atoms with Crippen molar-refractivity contribution in [3.05, 3.63) is 63.9 Å². The minimum atomic E-state index is -0.0102. The van der Waals surface area contributed by atoms with Gasteiger partial charge in [0.1, 0.15) is 11.9 Å². The first-order chi connectivity index (χ1) is 11.1. The molecule has 0 aliphatic carbocycles. The molecule has 4 rings (SSSR count). The molecule has 0 N–H and O–H groups in total. The number of fused-ring (bicyclic) bond motifs is 3. The highest BCUT2D eigenvalue weighted by atomic mass is 32.1. The van der Waals surface area contributed by atoms with Gasteiger partial charge in [-0.2, -0.15) is 0 Å². The van der Waals surface area contributed by atoms with Crippen molar-refractivity contribution in [1.82, 2.24) is 4.57 Å². The Hall–Kier alpha value is -2.20. The molecule has 1 atom stereocenters. The minimum Gasteiger partial charge on any atom is -0.489 e. The Bertz CT molecular complexity index is 991. The molecule has 3 nitrogen and oxygen atoms in total. The lowest BCUT2D eigenvalue weighted by Gasteiger charge is -2.16. The second-order valence-corrected chi connectivity index (χ2v) is 6.49. The standard InChI is InChI=1S/C19H17NO2S/c1-11-6-5-9-16(18(11)23)20-15-8-4-3-7-13(15)17-14(19(20)21)10-12(2)22-17/h3-9,12,23H,10H2,1-2H3. The molecule has 0 amide bonds. The van der Waals surface area contributed by atoms with Gasteiger partial charge in [-0.3, -0.25) is 9.36 Å². The highest BCUT2D eigenvalue weighted by molar-refractivity contribution is 7.80. The fraction of sp³-hybridized carbons (Fsp3) is 0.211. The van der Waals surface area contributed by atoms with E-state index < -0.39 is 0 Å². The molecule has 0 spiro atoms. The number of thiol groups is 1. The van der Waals surface area contributed by atoms with E-state index in [1.54, 1.807) is 4.57 Å². The van der Waals surface area contributed by atoms with Gasteiger partial charge in [0.2, 0.25) is 0 Å². The Morgan fingerprint density at radius 1 is 1.17 bits per heavy atom. The van der Waals surface area contributed by atoms with Crippen molar-refractivity contribution in [2.45, 2.75) is 31.3 Å². The first-order valence-electron chi connectivity index (χ1n) is 7.70. The molecule has 1 unspecified atom stereocenters. The summed E-state index contributed by atoms with van der Waals surface area (Å²) in [6, 6.07) is 13.8. The van der Waals surface area contributed by atoms with E-state index in [9.17, 15) is 4.79 Å². The third-order valence-electron chi connectivity index (χ3n) is 4.39. The molecule has 3 aromatic rings. The summed E-state index contributed by atoms with van der Waals surface area (Å²) in [5.74, 6) is 0.739. The normalized spacial score (nSPS) is 16.4. The molecule has 0 bridgehead atoms. The summed E-state index contributed by atoms with van der Waals surface area (Å²) in [6.45, 7) is 3.99. The molecule has 0 radical (unpaired) electrons. The van der Waals surface area contributed by atoms with Crippen LogP contribution in [-0.2, 0) is 6.42 Å².